The molecule has 0 bridgehead atoms. The fourth-order valence-electron chi connectivity index (χ4n) is 3.20. The van der Waals surface area contributed by atoms with E-state index in [0.29, 0.717) is 25.7 Å². The average Bonchev–Trinajstić information content (AvgIpc) is 3.12. The fourth-order valence-corrected chi connectivity index (χ4v) is 3.20. The van der Waals surface area contributed by atoms with Crippen LogP contribution in [0.4, 0.5) is 13.2 Å². The standard InChI is InChI=1S/C14H20F3NO3/c1-2-8-5-10(11(6-8)13(20)21)12(19)18(9-3-4-9)7-14(15,16)17/h8-11H,2-7H2,1H3,(H,20,21)/t8?,10-,11+/m0/s1. The molecule has 2 aliphatic carbocycles. The van der Waals surface area contributed by atoms with Crippen molar-refractivity contribution in [1.29, 1.82) is 0 Å². The third-order valence-corrected chi connectivity index (χ3v) is 4.49. The topological polar surface area (TPSA) is 57.6 Å². The number of aliphatic carboxylic acids is 1. The molecule has 0 aromatic carbocycles. The summed E-state index contributed by atoms with van der Waals surface area (Å²) in [5.41, 5.74) is 0. The molecular formula is C14H20F3NO3. The molecule has 0 saturated heterocycles. The molecule has 0 spiro atoms. The zero-order valence-electron chi connectivity index (χ0n) is 11.9. The predicted octanol–water partition coefficient (Wildman–Crippen LogP) is 2.68. The van der Waals surface area contributed by atoms with Crippen LogP contribution >= 0.6 is 0 Å². The number of alkyl halides is 3. The van der Waals surface area contributed by atoms with E-state index in [-0.39, 0.29) is 12.0 Å². The lowest BCUT2D eigenvalue weighted by molar-refractivity contribution is -0.167. The minimum Gasteiger partial charge on any atom is -0.481 e. The highest BCUT2D eigenvalue weighted by Crippen LogP contribution is 2.41. The minimum atomic E-state index is -4.44. The van der Waals surface area contributed by atoms with E-state index in [4.69, 9.17) is 0 Å². The predicted molar refractivity (Wildman–Crippen MR) is 68.4 cm³/mol. The van der Waals surface area contributed by atoms with Crippen LogP contribution in [-0.4, -0.2) is 40.6 Å². The Labute approximate surface area is 121 Å². The Bertz CT molecular complexity index is 420. The molecule has 3 atom stereocenters. The molecule has 2 fully saturated rings. The number of rotatable bonds is 5. The monoisotopic (exact) mass is 307 g/mol. The van der Waals surface area contributed by atoms with E-state index in [9.17, 15) is 27.9 Å². The van der Waals surface area contributed by atoms with Gasteiger partial charge in [0.2, 0.25) is 5.91 Å². The first-order valence-electron chi connectivity index (χ1n) is 7.33. The zero-order valence-corrected chi connectivity index (χ0v) is 11.9. The van der Waals surface area contributed by atoms with Gasteiger partial charge in [-0.15, -0.1) is 0 Å². The molecule has 2 rings (SSSR count). The largest absolute Gasteiger partial charge is 0.481 e. The first-order chi connectivity index (χ1) is 9.73. The molecule has 2 aliphatic rings. The summed E-state index contributed by atoms with van der Waals surface area (Å²) in [4.78, 5) is 24.6. The van der Waals surface area contributed by atoms with Crippen LogP contribution in [0.15, 0.2) is 0 Å². The lowest BCUT2D eigenvalue weighted by atomic mass is 9.94. The van der Waals surface area contributed by atoms with Crippen molar-refractivity contribution in [2.24, 2.45) is 17.8 Å². The number of amides is 1. The molecule has 0 aromatic heterocycles. The molecule has 120 valence electrons. The van der Waals surface area contributed by atoms with Crippen LogP contribution < -0.4 is 0 Å². The van der Waals surface area contributed by atoms with Gasteiger partial charge in [0.25, 0.3) is 0 Å². The molecule has 1 N–H and O–H groups in total. The Balaban J connectivity index is 2.13. The highest BCUT2D eigenvalue weighted by Gasteiger charge is 2.48. The van der Waals surface area contributed by atoms with Crippen molar-refractivity contribution in [2.75, 3.05) is 6.54 Å². The van der Waals surface area contributed by atoms with Crippen LogP contribution in [0.1, 0.15) is 39.0 Å². The number of carbonyl (C=O) groups excluding carboxylic acids is 1. The maximum absolute atomic E-state index is 12.6. The van der Waals surface area contributed by atoms with Gasteiger partial charge in [-0.3, -0.25) is 9.59 Å². The average molecular weight is 307 g/mol. The van der Waals surface area contributed by atoms with Crippen LogP contribution in [0.25, 0.3) is 0 Å². The normalized spacial score (nSPS) is 29.4. The van der Waals surface area contributed by atoms with E-state index in [1.807, 2.05) is 6.92 Å². The lowest BCUT2D eigenvalue weighted by Gasteiger charge is -2.28. The highest BCUT2D eigenvalue weighted by molar-refractivity contribution is 5.85. The van der Waals surface area contributed by atoms with Gasteiger partial charge in [0.15, 0.2) is 0 Å². The van der Waals surface area contributed by atoms with Gasteiger partial charge in [0, 0.05) is 6.04 Å². The zero-order chi connectivity index (χ0) is 15.8. The van der Waals surface area contributed by atoms with Gasteiger partial charge in [-0.1, -0.05) is 13.3 Å². The molecule has 7 heteroatoms. The van der Waals surface area contributed by atoms with Crippen LogP contribution in [0.5, 0.6) is 0 Å². The highest BCUT2D eigenvalue weighted by atomic mass is 19.4. The summed E-state index contributed by atoms with van der Waals surface area (Å²) in [6, 6.07) is -0.366. The second kappa shape index (κ2) is 5.85. The maximum Gasteiger partial charge on any atom is 0.406 e. The Morgan fingerprint density at radius 1 is 1.19 bits per heavy atom. The van der Waals surface area contributed by atoms with Gasteiger partial charge in [-0.05, 0) is 31.6 Å². The Morgan fingerprint density at radius 2 is 1.76 bits per heavy atom. The second-order valence-electron chi connectivity index (χ2n) is 6.11. The van der Waals surface area contributed by atoms with Gasteiger partial charge < -0.3 is 10.0 Å². The number of carboxylic acid groups (broad SMARTS) is 1. The molecule has 1 unspecified atom stereocenters. The maximum atomic E-state index is 12.6. The summed E-state index contributed by atoms with van der Waals surface area (Å²) in [6.07, 6.45) is -1.79. The molecule has 0 aliphatic heterocycles. The van der Waals surface area contributed by atoms with Gasteiger partial charge in [-0.2, -0.15) is 13.2 Å². The van der Waals surface area contributed by atoms with Crippen molar-refractivity contribution in [3.05, 3.63) is 0 Å². The minimum absolute atomic E-state index is 0.104. The quantitative estimate of drug-likeness (QED) is 0.849. The summed E-state index contributed by atoms with van der Waals surface area (Å²) < 4.78 is 37.9. The molecular weight excluding hydrogens is 287 g/mol. The Morgan fingerprint density at radius 3 is 2.19 bits per heavy atom. The fraction of sp³-hybridized carbons (Fsp3) is 0.857. The molecule has 21 heavy (non-hydrogen) atoms. The number of carbonyl (C=O) groups is 2. The summed E-state index contributed by atoms with van der Waals surface area (Å²) in [5, 5.41) is 9.22. The van der Waals surface area contributed by atoms with Crippen molar-refractivity contribution in [3.8, 4) is 0 Å². The van der Waals surface area contributed by atoms with Crippen LogP contribution in [0, 0.1) is 17.8 Å². The van der Waals surface area contributed by atoms with Crippen LogP contribution in [0.2, 0.25) is 0 Å². The Kier molecular flexibility index (Phi) is 4.49. The van der Waals surface area contributed by atoms with Gasteiger partial charge in [0.1, 0.15) is 6.54 Å². The first-order valence-corrected chi connectivity index (χ1v) is 7.33. The van der Waals surface area contributed by atoms with E-state index in [0.717, 1.165) is 11.3 Å². The molecule has 0 heterocycles. The van der Waals surface area contributed by atoms with E-state index < -0.39 is 36.4 Å². The number of hydrogen-bond donors (Lipinski definition) is 1. The van der Waals surface area contributed by atoms with Crippen molar-refractivity contribution in [1.82, 2.24) is 4.90 Å². The molecule has 2 saturated carbocycles. The number of hydrogen-bond acceptors (Lipinski definition) is 2. The molecule has 0 radical (unpaired) electrons. The Hall–Kier alpha value is -1.27. The number of carboxylic acids is 1. The van der Waals surface area contributed by atoms with Gasteiger partial charge in [0.05, 0.1) is 11.8 Å². The van der Waals surface area contributed by atoms with Crippen molar-refractivity contribution in [3.63, 3.8) is 0 Å². The van der Waals surface area contributed by atoms with E-state index >= 15 is 0 Å². The lowest BCUT2D eigenvalue weighted by Crippen LogP contribution is -2.45. The van der Waals surface area contributed by atoms with Crippen LogP contribution in [0.3, 0.4) is 0 Å². The summed E-state index contributed by atoms with van der Waals surface area (Å²) in [6.45, 7) is 0.640. The van der Waals surface area contributed by atoms with Crippen molar-refractivity contribution < 1.29 is 27.9 Å². The van der Waals surface area contributed by atoms with Gasteiger partial charge in [-0.25, -0.2) is 0 Å². The third-order valence-electron chi connectivity index (χ3n) is 4.49. The second-order valence-corrected chi connectivity index (χ2v) is 6.11. The van der Waals surface area contributed by atoms with E-state index in [1.54, 1.807) is 0 Å². The summed E-state index contributed by atoms with van der Waals surface area (Å²) >= 11 is 0. The smallest absolute Gasteiger partial charge is 0.406 e. The summed E-state index contributed by atoms with van der Waals surface area (Å²) in [5.74, 6) is -3.26. The SMILES string of the molecule is CCC1C[C@H](C(=O)N(CC(F)(F)F)C2CC2)[C@H](C(=O)O)C1. The van der Waals surface area contributed by atoms with E-state index in [1.165, 1.54) is 0 Å². The molecule has 0 aromatic rings. The van der Waals surface area contributed by atoms with Gasteiger partial charge >= 0.3 is 12.1 Å². The van der Waals surface area contributed by atoms with E-state index in [2.05, 4.69) is 0 Å². The molecule has 4 nitrogen and oxygen atoms in total. The third kappa shape index (κ3) is 3.89. The van der Waals surface area contributed by atoms with Crippen molar-refractivity contribution >= 4 is 11.9 Å². The first kappa shape index (κ1) is 16.1. The summed E-state index contributed by atoms with van der Waals surface area (Å²) in [7, 11) is 0. The number of nitrogens with zero attached hydrogens (tertiary/aromatic N) is 1. The van der Waals surface area contributed by atoms with Crippen LogP contribution in [-0.2, 0) is 9.59 Å². The molecule has 1 amide bonds. The number of halogens is 3. The van der Waals surface area contributed by atoms with Crippen molar-refractivity contribution in [2.45, 2.75) is 51.2 Å².